The topological polar surface area (TPSA) is 70.4 Å². The summed E-state index contributed by atoms with van der Waals surface area (Å²) in [4.78, 5) is 25.7. The number of carbonyl (C=O) groups is 2. The highest BCUT2D eigenvalue weighted by atomic mass is 32.2. The minimum Gasteiger partial charge on any atom is -0.459 e. The zero-order chi connectivity index (χ0) is 15.7. The number of rotatable bonds is 3. The fourth-order valence-corrected chi connectivity index (χ4v) is 4.34. The molecular weight excluding hydrogens is 300 g/mol. The Morgan fingerprint density at radius 1 is 1.50 bits per heavy atom. The molecule has 3 rings (SSSR count). The molecule has 0 N–H and O–H groups in total. The van der Waals surface area contributed by atoms with Crippen LogP contribution in [0.1, 0.15) is 30.9 Å². The highest BCUT2D eigenvalue weighted by molar-refractivity contribution is 8.01. The molecule has 0 aliphatic carbocycles. The van der Waals surface area contributed by atoms with E-state index < -0.39 is 6.04 Å². The maximum absolute atomic E-state index is 12.3. The monoisotopic (exact) mass is 316 g/mol. The molecule has 114 valence electrons. The van der Waals surface area contributed by atoms with E-state index in [0.29, 0.717) is 17.7 Å². The van der Waals surface area contributed by atoms with E-state index in [1.54, 1.807) is 40.9 Å². The molecule has 2 heterocycles. The summed E-state index contributed by atoms with van der Waals surface area (Å²) in [6.45, 7) is 2.17. The van der Waals surface area contributed by atoms with E-state index in [4.69, 9.17) is 10.00 Å². The van der Waals surface area contributed by atoms with Gasteiger partial charge in [-0.05, 0) is 31.0 Å². The first-order valence-corrected chi connectivity index (χ1v) is 8.14. The molecule has 0 bridgehead atoms. The van der Waals surface area contributed by atoms with E-state index in [2.05, 4.69) is 0 Å². The SMILES string of the molecule is C[C@]12CCC(=O)N1[C@H](C(=O)OCc1ccc(C#N)cc1)CS2. The van der Waals surface area contributed by atoms with Crippen molar-refractivity contribution >= 4 is 23.6 Å². The van der Waals surface area contributed by atoms with E-state index in [1.807, 2.05) is 13.0 Å². The Hall–Kier alpha value is -2.00. The molecule has 2 atom stereocenters. The van der Waals surface area contributed by atoms with Crippen molar-refractivity contribution in [3.8, 4) is 6.07 Å². The number of benzene rings is 1. The van der Waals surface area contributed by atoms with Crippen molar-refractivity contribution in [2.45, 2.75) is 37.3 Å². The Bertz CT molecular complexity index is 652. The summed E-state index contributed by atoms with van der Waals surface area (Å²) >= 11 is 1.65. The van der Waals surface area contributed by atoms with Crippen LogP contribution in [0, 0.1) is 11.3 Å². The van der Waals surface area contributed by atoms with Crippen LogP contribution in [-0.2, 0) is 20.9 Å². The molecule has 22 heavy (non-hydrogen) atoms. The lowest BCUT2D eigenvalue weighted by atomic mass is 10.1. The standard InChI is InChI=1S/C16H16N2O3S/c1-16-7-6-14(19)18(16)13(10-22-16)15(20)21-9-12-4-2-11(8-17)3-5-12/h2-5,13H,6-7,9-10H2,1H3/t13-,16-/m0/s1. The number of nitriles is 1. The van der Waals surface area contributed by atoms with Crippen LogP contribution in [0.4, 0.5) is 0 Å². The van der Waals surface area contributed by atoms with Gasteiger partial charge in [-0.1, -0.05) is 12.1 Å². The Morgan fingerprint density at radius 2 is 2.23 bits per heavy atom. The Morgan fingerprint density at radius 3 is 2.91 bits per heavy atom. The summed E-state index contributed by atoms with van der Waals surface area (Å²) in [5.74, 6) is 0.276. The van der Waals surface area contributed by atoms with Crippen molar-refractivity contribution in [1.29, 1.82) is 5.26 Å². The Balaban J connectivity index is 1.63. The lowest BCUT2D eigenvalue weighted by molar-refractivity contribution is -0.154. The lowest BCUT2D eigenvalue weighted by Crippen LogP contribution is -2.46. The molecule has 0 saturated carbocycles. The number of thioether (sulfide) groups is 1. The molecule has 2 fully saturated rings. The number of fused-ring (bicyclic) bond motifs is 1. The van der Waals surface area contributed by atoms with Crippen molar-refractivity contribution in [2.24, 2.45) is 0 Å². The third-order valence-corrected chi connectivity index (χ3v) is 5.69. The Kier molecular flexibility index (Phi) is 3.83. The van der Waals surface area contributed by atoms with E-state index >= 15 is 0 Å². The summed E-state index contributed by atoms with van der Waals surface area (Å²) in [6, 6.07) is 8.47. The molecule has 1 aromatic rings. The second-order valence-corrected chi connectivity index (χ2v) is 7.18. The predicted molar refractivity (Wildman–Crippen MR) is 81.7 cm³/mol. The van der Waals surface area contributed by atoms with Crippen LogP contribution in [0.5, 0.6) is 0 Å². The number of hydrogen-bond acceptors (Lipinski definition) is 5. The van der Waals surface area contributed by atoms with Crippen LogP contribution < -0.4 is 0 Å². The highest BCUT2D eigenvalue weighted by Gasteiger charge is 2.53. The van der Waals surface area contributed by atoms with E-state index in [-0.39, 0.29) is 23.4 Å². The van der Waals surface area contributed by atoms with E-state index in [1.165, 1.54) is 0 Å². The Labute approximate surface area is 133 Å². The second-order valence-electron chi connectivity index (χ2n) is 5.68. The van der Waals surface area contributed by atoms with Crippen LogP contribution >= 0.6 is 11.8 Å². The number of ether oxygens (including phenoxy) is 1. The minimum absolute atomic E-state index is 0.0350. The van der Waals surface area contributed by atoms with Gasteiger partial charge < -0.3 is 9.64 Å². The van der Waals surface area contributed by atoms with Gasteiger partial charge in [-0.3, -0.25) is 4.79 Å². The third-order valence-electron chi connectivity index (χ3n) is 4.18. The second kappa shape index (κ2) is 5.65. The molecule has 2 aliphatic heterocycles. The molecule has 2 aliphatic rings. The number of hydrogen-bond donors (Lipinski definition) is 0. The van der Waals surface area contributed by atoms with Crippen LogP contribution in [0.2, 0.25) is 0 Å². The number of esters is 1. The molecule has 2 saturated heterocycles. The summed E-state index contributed by atoms with van der Waals surface area (Å²) in [5, 5.41) is 8.75. The summed E-state index contributed by atoms with van der Waals surface area (Å²) in [5.41, 5.74) is 1.40. The van der Waals surface area contributed by atoms with Gasteiger partial charge in [0.05, 0.1) is 16.5 Å². The molecule has 6 heteroatoms. The zero-order valence-corrected chi connectivity index (χ0v) is 13.1. The average molecular weight is 316 g/mol. The van der Waals surface area contributed by atoms with Gasteiger partial charge in [-0.25, -0.2) is 4.79 Å². The molecule has 0 spiro atoms. The quantitative estimate of drug-likeness (QED) is 0.798. The third kappa shape index (κ3) is 2.57. The molecule has 1 amide bonds. The molecule has 1 aromatic carbocycles. The summed E-state index contributed by atoms with van der Waals surface area (Å²) in [6.07, 6.45) is 1.29. The van der Waals surface area contributed by atoms with Crippen molar-refractivity contribution < 1.29 is 14.3 Å². The maximum Gasteiger partial charge on any atom is 0.330 e. The van der Waals surface area contributed by atoms with Crippen LogP contribution in [0.25, 0.3) is 0 Å². The molecule has 0 aromatic heterocycles. The van der Waals surface area contributed by atoms with Crippen LogP contribution in [-0.4, -0.2) is 33.4 Å². The predicted octanol–water partition coefficient (Wildman–Crippen LogP) is 2.06. The largest absolute Gasteiger partial charge is 0.459 e. The van der Waals surface area contributed by atoms with Crippen LogP contribution in [0.3, 0.4) is 0 Å². The number of carbonyl (C=O) groups excluding carboxylic acids is 2. The van der Waals surface area contributed by atoms with E-state index in [0.717, 1.165) is 12.0 Å². The minimum atomic E-state index is -0.483. The normalized spacial score (nSPS) is 26.6. The summed E-state index contributed by atoms with van der Waals surface area (Å²) in [7, 11) is 0. The van der Waals surface area contributed by atoms with Gasteiger partial charge in [0, 0.05) is 12.2 Å². The first kappa shape index (κ1) is 14.9. The van der Waals surface area contributed by atoms with E-state index in [9.17, 15) is 9.59 Å². The first-order chi connectivity index (χ1) is 10.5. The zero-order valence-electron chi connectivity index (χ0n) is 12.2. The molecule has 5 nitrogen and oxygen atoms in total. The molecule has 0 unspecified atom stereocenters. The van der Waals surface area contributed by atoms with Crippen LogP contribution in [0.15, 0.2) is 24.3 Å². The average Bonchev–Trinajstić information content (AvgIpc) is 3.02. The first-order valence-electron chi connectivity index (χ1n) is 7.15. The van der Waals surface area contributed by atoms with Crippen molar-refractivity contribution in [3.05, 3.63) is 35.4 Å². The van der Waals surface area contributed by atoms with Gasteiger partial charge >= 0.3 is 5.97 Å². The van der Waals surface area contributed by atoms with Gasteiger partial charge in [-0.15, -0.1) is 11.8 Å². The van der Waals surface area contributed by atoms with Crippen molar-refractivity contribution in [2.75, 3.05) is 5.75 Å². The van der Waals surface area contributed by atoms with Gasteiger partial charge in [0.15, 0.2) is 0 Å². The van der Waals surface area contributed by atoms with Gasteiger partial charge in [0.1, 0.15) is 12.6 Å². The fraction of sp³-hybridized carbons (Fsp3) is 0.438. The van der Waals surface area contributed by atoms with Gasteiger partial charge in [0.25, 0.3) is 0 Å². The lowest BCUT2D eigenvalue weighted by Gasteiger charge is -2.29. The number of nitrogens with zero attached hydrogens (tertiary/aromatic N) is 2. The fourth-order valence-electron chi connectivity index (χ4n) is 2.92. The highest BCUT2D eigenvalue weighted by Crippen LogP contribution is 2.47. The maximum atomic E-state index is 12.3. The summed E-state index contributed by atoms with van der Waals surface area (Å²) < 4.78 is 5.36. The number of amides is 1. The van der Waals surface area contributed by atoms with Gasteiger partial charge in [-0.2, -0.15) is 5.26 Å². The molecular formula is C16H16N2O3S. The molecule has 0 radical (unpaired) electrons. The van der Waals surface area contributed by atoms with Crippen molar-refractivity contribution in [3.63, 3.8) is 0 Å². The van der Waals surface area contributed by atoms with Crippen molar-refractivity contribution in [1.82, 2.24) is 4.90 Å². The van der Waals surface area contributed by atoms with Gasteiger partial charge in [0.2, 0.25) is 5.91 Å². The smallest absolute Gasteiger partial charge is 0.330 e.